The molecule has 3 N–H and O–H groups in total. The smallest absolute Gasteiger partial charge is 0.226 e. The molecule has 0 aliphatic carbocycles. The van der Waals surface area contributed by atoms with Crippen LogP contribution in [-0.4, -0.2) is 34.1 Å². The number of anilines is 1. The van der Waals surface area contributed by atoms with Crippen molar-refractivity contribution in [1.29, 1.82) is 5.26 Å². The molecule has 0 bridgehead atoms. The van der Waals surface area contributed by atoms with Gasteiger partial charge in [-0.3, -0.25) is 0 Å². The van der Waals surface area contributed by atoms with E-state index in [1.54, 1.807) is 6.20 Å². The lowest BCUT2D eigenvalue weighted by Crippen LogP contribution is -2.38. The van der Waals surface area contributed by atoms with Gasteiger partial charge in [0, 0.05) is 18.8 Å². The Morgan fingerprint density at radius 1 is 1.45 bits per heavy atom. The van der Waals surface area contributed by atoms with Crippen molar-refractivity contribution in [3.63, 3.8) is 0 Å². The number of nitrogens with zero attached hydrogens (tertiary/aromatic N) is 3. The van der Waals surface area contributed by atoms with Crippen molar-refractivity contribution in [1.82, 2.24) is 20.3 Å². The molecular formula is C12H14Cl2N6. The Morgan fingerprint density at radius 3 is 3.00 bits per heavy atom. The molecule has 3 heterocycles. The van der Waals surface area contributed by atoms with Crippen molar-refractivity contribution >= 4 is 40.9 Å². The van der Waals surface area contributed by atoms with Crippen LogP contribution in [0.1, 0.15) is 18.4 Å². The van der Waals surface area contributed by atoms with Crippen LogP contribution in [0.3, 0.4) is 0 Å². The third kappa shape index (κ3) is 2.80. The first-order valence-corrected chi connectivity index (χ1v) is 6.57. The molecule has 0 amide bonds. The zero-order chi connectivity index (χ0) is 13.2. The molecule has 106 valence electrons. The van der Waals surface area contributed by atoms with E-state index in [4.69, 9.17) is 16.9 Å². The van der Waals surface area contributed by atoms with Crippen LogP contribution in [0.25, 0.3) is 11.0 Å². The van der Waals surface area contributed by atoms with Crippen LogP contribution in [0.4, 0.5) is 5.82 Å². The largest absolute Gasteiger partial charge is 0.365 e. The maximum atomic E-state index is 9.13. The standard InChI is InChI=1S/C12H13ClN6.ClH/c13-12-18-10-9(7(4-14)5-16-10)11(19-12)17-8-2-1-3-15-6-8;/h5,8,15H,1-3,6H2,(H2,16,17,18,19);1H/t8-;/m1./s1. The Morgan fingerprint density at radius 2 is 2.30 bits per heavy atom. The van der Waals surface area contributed by atoms with Gasteiger partial charge in [0.2, 0.25) is 5.28 Å². The fraction of sp³-hybridized carbons (Fsp3) is 0.417. The number of piperidine rings is 1. The SMILES string of the molecule is Cl.N#Cc1c[nH]c2nc(Cl)nc(N[C@@H]3CCCNC3)c12. The summed E-state index contributed by atoms with van der Waals surface area (Å²) in [6.07, 6.45) is 3.82. The molecule has 0 aromatic carbocycles. The lowest BCUT2D eigenvalue weighted by atomic mass is 10.1. The van der Waals surface area contributed by atoms with Crippen molar-refractivity contribution in [2.45, 2.75) is 18.9 Å². The van der Waals surface area contributed by atoms with E-state index in [0.717, 1.165) is 25.9 Å². The average molecular weight is 313 g/mol. The van der Waals surface area contributed by atoms with E-state index in [1.165, 1.54) is 0 Å². The van der Waals surface area contributed by atoms with Gasteiger partial charge in [-0.2, -0.15) is 15.2 Å². The highest BCUT2D eigenvalue weighted by atomic mass is 35.5. The Labute approximate surface area is 127 Å². The van der Waals surface area contributed by atoms with Crippen LogP contribution < -0.4 is 10.6 Å². The maximum Gasteiger partial charge on any atom is 0.226 e. The molecular weight excluding hydrogens is 299 g/mol. The van der Waals surface area contributed by atoms with Crippen LogP contribution in [0.15, 0.2) is 6.20 Å². The Kier molecular flexibility index (Phi) is 4.65. The number of H-pyrrole nitrogens is 1. The lowest BCUT2D eigenvalue weighted by molar-refractivity contribution is 0.479. The van der Waals surface area contributed by atoms with Gasteiger partial charge in [-0.1, -0.05) is 0 Å². The maximum absolute atomic E-state index is 9.13. The molecule has 1 saturated heterocycles. The predicted octanol–water partition coefficient (Wildman–Crippen LogP) is 2.07. The normalized spacial score (nSPS) is 18.3. The van der Waals surface area contributed by atoms with Crippen molar-refractivity contribution in [3.05, 3.63) is 17.0 Å². The molecule has 2 aromatic heterocycles. The summed E-state index contributed by atoms with van der Waals surface area (Å²) >= 11 is 5.91. The Bertz CT molecular complexity index is 641. The summed E-state index contributed by atoms with van der Waals surface area (Å²) in [5.74, 6) is 0.626. The molecule has 3 rings (SSSR count). The van der Waals surface area contributed by atoms with E-state index < -0.39 is 0 Å². The van der Waals surface area contributed by atoms with Crippen LogP contribution in [0, 0.1) is 11.3 Å². The molecule has 8 heteroatoms. The molecule has 1 fully saturated rings. The third-order valence-electron chi connectivity index (χ3n) is 3.26. The van der Waals surface area contributed by atoms with Crippen molar-refractivity contribution in [3.8, 4) is 6.07 Å². The summed E-state index contributed by atoms with van der Waals surface area (Å²) in [6.45, 7) is 1.93. The number of fused-ring (bicyclic) bond motifs is 1. The highest BCUT2D eigenvalue weighted by Crippen LogP contribution is 2.26. The Hall–Kier alpha value is -1.55. The molecule has 1 atom stereocenters. The molecule has 0 spiro atoms. The molecule has 0 radical (unpaired) electrons. The van der Waals surface area contributed by atoms with Crippen molar-refractivity contribution in [2.75, 3.05) is 18.4 Å². The van der Waals surface area contributed by atoms with Gasteiger partial charge in [-0.15, -0.1) is 12.4 Å². The summed E-state index contributed by atoms with van der Waals surface area (Å²) in [6, 6.07) is 2.43. The number of rotatable bonds is 2. The van der Waals surface area contributed by atoms with Gasteiger partial charge in [0.1, 0.15) is 17.5 Å². The van der Waals surface area contributed by atoms with Gasteiger partial charge in [0.15, 0.2) is 0 Å². The molecule has 0 unspecified atom stereocenters. The highest BCUT2D eigenvalue weighted by molar-refractivity contribution is 6.28. The molecule has 2 aromatic rings. The minimum absolute atomic E-state index is 0. The summed E-state index contributed by atoms with van der Waals surface area (Å²) < 4.78 is 0. The first-order chi connectivity index (χ1) is 9.28. The second kappa shape index (κ2) is 6.27. The molecule has 20 heavy (non-hydrogen) atoms. The quantitative estimate of drug-likeness (QED) is 0.739. The summed E-state index contributed by atoms with van der Waals surface area (Å²) in [5, 5.41) is 16.7. The number of aromatic nitrogens is 3. The first-order valence-electron chi connectivity index (χ1n) is 6.20. The number of hydrogen-bond acceptors (Lipinski definition) is 5. The van der Waals surface area contributed by atoms with E-state index in [1.807, 2.05) is 0 Å². The van der Waals surface area contributed by atoms with Crippen LogP contribution in [0.2, 0.25) is 5.28 Å². The fourth-order valence-electron chi connectivity index (χ4n) is 2.37. The van der Waals surface area contributed by atoms with E-state index in [2.05, 4.69) is 31.7 Å². The van der Waals surface area contributed by atoms with Gasteiger partial charge in [0.25, 0.3) is 0 Å². The monoisotopic (exact) mass is 312 g/mol. The van der Waals surface area contributed by atoms with E-state index >= 15 is 0 Å². The minimum Gasteiger partial charge on any atom is -0.365 e. The van der Waals surface area contributed by atoms with Crippen LogP contribution in [-0.2, 0) is 0 Å². The fourth-order valence-corrected chi connectivity index (χ4v) is 2.54. The number of halogens is 2. The lowest BCUT2D eigenvalue weighted by Gasteiger charge is -2.24. The van der Waals surface area contributed by atoms with E-state index in [0.29, 0.717) is 28.5 Å². The highest BCUT2D eigenvalue weighted by Gasteiger charge is 2.18. The van der Waals surface area contributed by atoms with E-state index in [-0.39, 0.29) is 17.7 Å². The number of nitriles is 1. The summed E-state index contributed by atoms with van der Waals surface area (Å²) in [5.41, 5.74) is 1.11. The van der Waals surface area contributed by atoms with E-state index in [9.17, 15) is 0 Å². The second-order valence-electron chi connectivity index (χ2n) is 4.57. The zero-order valence-electron chi connectivity index (χ0n) is 10.6. The zero-order valence-corrected chi connectivity index (χ0v) is 12.2. The predicted molar refractivity (Wildman–Crippen MR) is 80.4 cm³/mol. The van der Waals surface area contributed by atoms with Gasteiger partial charge in [0.05, 0.1) is 10.9 Å². The number of aromatic amines is 1. The topological polar surface area (TPSA) is 89.4 Å². The third-order valence-corrected chi connectivity index (χ3v) is 3.43. The van der Waals surface area contributed by atoms with Gasteiger partial charge in [-0.25, -0.2) is 0 Å². The van der Waals surface area contributed by atoms with Gasteiger partial charge >= 0.3 is 0 Å². The van der Waals surface area contributed by atoms with Gasteiger partial charge < -0.3 is 15.6 Å². The van der Waals surface area contributed by atoms with Crippen LogP contribution >= 0.6 is 24.0 Å². The van der Waals surface area contributed by atoms with Crippen LogP contribution in [0.5, 0.6) is 0 Å². The second-order valence-corrected chi connectivity index (χ2v) is 4.90. The molecule has 0 saturated carbocycles. The minimum atomic E-state index is 0. The van der Waals surface area contributed by atoms with Crippen molar-refractivity contribution in [2.24, 2.45) is 0 Å². The van der Waals surface area contributed by atoms with Crippen molar-refractivity contribution < 1.29 is 0 Å². The molecule has 6 nitrogen and oxygen atoms in total. The Balaban J connectivity index is 0.00000147. The molecule has 1 aliphatic rings. The number of hydrogen-bond donors (Lipinski definition) is 3. The average Bonchev–Trinajstić information content (AvgIpc) is 2.82. The summed E-state index contributed by atoms with van der Waals surface area (Å²) in [7, 11) is 0. The summed E-state index contributed by atoms with van der Waals surface area (Å²) in [4.78, 5) is 11.3. The number of nitrogens with one attached hydrogen (secondary N) is 3. The first kappa shape index (κ1) is 14.9. The van der Waals surface area contributed by atoms with Gasteiger partial charge in [-0.05, 0) is 31.0 Å². The molecule has 1 aliphatic heterocycles.